The smallest absolute Gasteiger partial charge is 0.0598 e. The first kappa shape index (κ1) is 14.5. The summed E-state index contributed by atoms with van der Waals surface area (Å²) in [6.45, 7) is 16.1. The summed E-state index contributed by atoms with van der Waals surface area (Å²) in [6.07, 6.45) is 0. The van der Waals surface area contributed by atoms with E-state index in [1.807, 2.05) is 0 Å². The zero-order valence-electron chi connectivity index (χ0n) is 13.2. The van der Waals surface area contributed by atoms with Crippen LogP contribution in [0.15, 0.2) is 6.07 Å². The molecule has 1 N–H and O–H groups in total. The molecule has 106 valence electrons. The molecule has 0 atom stereocenters. The Labute approximate surface area is 117 Å². The maximum atomic E-state index is 5.57. The molecule has 1 fully saturated rings. The minimum absolute atomic E-state index is 0.176. The van der Waals surface area contributed by atoms with Gasteiger partial charge in [-0.15, -0.1) is 0 Å². The van der Waals surface area contributed by atoms with E-state index < -0.39 is 0 Å². The Hall–Kier alpha value is -0.860. The van der Waals surface area contributed by atoms with Crippen LogP contribution in [0, 0.1) is 27.7 Å². The fourth-order valence-electron chi connectivity index (χ4n) is 3.10. The SMILES string of the molecule is Cc1cc(C)c(C)c(C2(CNC(C)C)COC2)c1C. The molecule has 0 radical (unpaired) electrons. The van der Waals surface area contributed by atoms with Crippen molar-refractivity contribution in [1.29, 1.82) is 0 Å². The van der Waals surface area contributed by atoms with Crippen molar-refractivity contribution in [3.63, 3.8) is 0 Å². The topological polar surface area (TPSA) is 21.3 Å². The van der Waals surface area contributed by atoms with Gasteiger partial charge >= 0.3 is 0 Å². The summed E-state index contributed by atoms with van der Waals surface area (Å²) >= 11 is 0. The van der Waals surface area contributed by atoms with E-state index in [0.29, 0.717) is 6.04 Å². The molecular weight excluding hydrogens is 234 g/mol. The van der Waals surface area contributed by atoms with Crippen molar-refractivity contribution in [2.45, 2.75) is 53.0 Å². The van der Waals surface area contributed by atoms with E-state index in [-0.39, 0.29) is 5.41 Å². The number of hydrogen-bond acceptors (Lipinski definition) is 2. The molecule has 1 aliphatic heterocycles. The molecule has 0 bridgehead atoms. The van der Waals surface area contributed by atoms with Crippen LogP contribution in [0.3, 0.4) is 0 Å². The van der Waals surface area contributed by atoms with Gasteiger partial charge in [0.1, 0.15) is 0 Å². The fourth-order valence-corrected chi connectivity index (χ4v) is 3.10. The van der Waals surface area contributed by atoms with E-state index in [4.69, 9.17) is 4.74 Å². The van der Waals surface area contributed by atoms with Crippen LogP contribution in [-0.2, 0) is 10.2 Å². The van der Waals surface area contributed by atoms with Crippen LogP contribution in [0.1, 0.15) is 41.7 Å². The number of benzene rings is 1. The molecule has 2 nitrogen and oxygen atoms in total. The van der Waals surface area contributed by atoms with Gasteiger partial charge in [-0.05, 0) is 55.5 Å². The number of rotatable bonds is 4. The third-order valence-corrected chi connectivity index (χ3v) is 4.50. The highest BCUT2D eigenvalue weighted by Crippen LogP contribution is 2.38. The third kappa shape index (κ3) is 2.56. The van der Waals surface area contributed by atoms with Gasteiger partial charge in [0.2, 0.25) is 0 Å². The van der Waals surface area contributed by atoms with Gasteiger partial charge in [0.15, 0.2) is 0 Å². The number of aryl methyl sites for hydroxylation is 2. The Bertz CT molecular complexity index is 446. The minimum atomic E-state index is 0.176. The number of ether oxygens (including phenoxy) is 1. The maximum absolute atomic E-state index is 5.57. The summed E-state index contributed by atoms with van der Waals surface area (Å²) in [4.78, 5) is 0. The second-order valence-electron chi connectivity index (χ2n) is 6.44. The van der Waals surface area contributed by atoms with Crippen LogP contribution in [0.4, 0.5) is 0 Å². The van der Waals surface area contributed by atoms with E-state index in [9.17, 15) is 0 Å². The van der Waals surface area contributed by atoms with Gasteiger partial charge in [0, 0.05) is 12.6 Å². The summed E-state index contributed by atoms with van der Waals surface area (Å²) in [5.41, 5.74) is 7.37. The molecule has 0 saturated carbocycles. The van der Waals surface area contributed by atoms with Crippen LogP contribution < -0.4 is 5.32 Å². The lowest BCUT2D eigenvalue weighted by Crippen LogP contribution is -2.55. The average Bonchev–Trinajstić information content (AvgIpc) is 2.28. The lowest BCUT2D eigenvalue weighted by molar-refractivity contribution is -0.0603. The zero-order chi connectivity index (χ0) is 14.2. The largest absolute Gasteiger partial charge is 0.379 e. The predicted molar refractivity (Wildman–Crippen MR) is 81.0 cm³/mol. The lowest BCUT2D eigenvalue weighted by atomic mass is 9.72. The van der Waals surface area contributed by atoms with Gasteiger partial charge in [-0.3, -0.25) is 0 Å². The third-order valence-electron chi connectivity index (χ3n) is 4.50. The first-order valence-corrected chi connectivity index (χ1v) is 7.26. The molecule has 1 aromatic rings. The molecule has 1 saturated heterocycles. The monoisotopic (exact) mass is 261 g/mol. The standard InChI is InChI=1S/C17H27NO/c1-11(2)18-8-17(9-19-10-17)16-14(5)12(3)7-13(4)15(16)6/h7,11,18H,8-10H2,1-6H3. The van der Waals surface area contributed by atoms with Gasteiger partial charge in [-0.1, -0.05) is 19.9 Å². The van der Waals surface area contributed by atoms with E-state index in [0.717, 1.165) is 19.8 Å². The van der Waals surface area contributed by atoms with Gasteiger partial charge in [0.25, 0.3) is 0 Å². The summed E-state index contributed by atoms with van der Waals surface area (Å²) in [7, 11) is 0. The van der Waals surface area contributed by atoms with E-state index >= 15 is 0 Å². The molecule has 1 heterocycles. The molecule has 0 aromatic heterocycles. The molecule has 0 spiro atoms. The van der Waals surface area contributed by atoms with Crippen molar-refractivity contribution in [3.8, 4) is 0 Å². The Balaban J connectivity index is 2.43. The number of nitrogens with one attached hydrogen (secondary N) is 1. The highest BCUT2D eigenvalue weighted by atomic mass is 16.5. The van der Waals surface area contributed by atoms with Crippen molar-refractivity contribution < 1.29 is 4.74 Å². The molecule has 1 aliphatic rings. The molecule has 1 aromatic carbocycles. The average molecular weight is 261 g/mol. The van der Waals surface area contributed by atoms with E-state index in [1.54, 1.807) is 0 Å². The second-order valence-corrected chi connectivity index (χ2v) is 6.44. The molecule has 2 heteroatoms. The van der Waals surface area contributed by atoms with Crippen LogP contribution >= 0.6 is 0 Å². The Morgan fingerprint density at radius 1 is 1.11 bits per heavy atom. The first-order valence-electron chi connectivity index (χ1n) is 7.26. The fraction of sp³-hybridized carbons (Fsp3) is 0.647. The normalized spacial score (nSPS) is 17.6. The quantitative estimate of drug-likeness (QED) is 0.899. The van der Waals surface area contributed by atoms with Crippen molar-refractivity contribution in [2.75, 3.05) is 19.8 Å². The van der Waals surface area contributed by atoms with Crippen LogP contribution in [-0.4, -0.2) is 25.8 Å². The van der Waals surface area contributed by atoms with Gasteiger partial charge < -0.3 is 10.1 Å². The first-order chi connectivity index (χ1) is 8.87. The Morgan fingerprint density at radius 3 is 2.00 bits per heavy atom. The van der Waals surface area contributed by atoms with Crippen molar-refractivity contribution >= 4 is 0 Å². The number of hydrogen-bond donors (Lipinski definition) is 1. The summed E-state index contributed by atoms with van der Waals surface area (Å²) < 4.78 is 5.57. The second kappa shape index (κ2) is 5.26. The van der Waals surface area contributed by atoms with Crippen molar-refractivity contribution in [2.24, 2.45) is 0 Å². The molecule has 19 heavy (non-hydrogen) atoms. The minimum Gasteiger partial charge on any atom is -0.379 e. The zero-order valence-corrected chi connectivity index (χ0v) is 13.2. The molecule has 0 amide bonds. The van der Waals surface area contributed by atoms with E-state index in [2.05, 4.69) is 52.9 Å². The van der Waals surface area contributed by atoms with E-state index in [1.165, 1.54) is 27.8 Å². The van der Waals surface area contributed by atoms with Crippen LogP contribution in [0.5, 0.6) is 0 Å². The summed E-state index contributed by atoms with van der Waals surface area (Å²) in [5, 5.41) is 3.60. The van der Waals surface area contributed by atoms with Crippen LogP contribution in [0.25, 0.3) is 0 Å². The molecular formula is C17H27NO. The summed E-state index contributed by atoms with van der Waals surface area (Å²) in [5.74, 6) is 0. The van der Waals surface area contributed by atoms with Crippen molar-refractivity contribution in [1.82, 2.24) is 5.32 Å². The predicted octanol–water partition coefficient (Wildman–Crippen LogP) is 3.19. The lowest BCUT2D eigenvalue weighted by Gasteiger charge is -2.45. The van der Waals surface area contributed by atoms with Crippen LogP contribution in [0.2, 0.25) is 0 Å². The van der Waals surface area contributed by atoms with Gasteiger partial charge in [0.05, 0.1) is 18.6 Å². The highest BCUT2D eigenvalue weighted by molar-refractivity contribution is 5.49. The maximum Gasteiger partial charge on any atom is 0.0598 e. The Kier molecular flexibility index (Phi) is 4.03. The Morgan fingerprint density at radius 2 is 1.63 bits per heavy atom. The van der Waals surface area contributed by atoms with Gasteiger partial charge in [-0.25, -0.2) is 0 Å². The highest BCUT2D eigenvalue weighted by Gasteiger charge is 2.42. The van der Waals surface area contributed by atoms with Gasteiger partial charge in [-0.2, -0.15) is 0 Å². The molecule has 0 unspecified atom stereocenters. The molecule has 2 rings (SSSR count). The van der Waals surface area contributed by atoms with Crippen molar-refractivity contribution in [3.05, 3.63) is 33.9 Å². The summed E-state index contributed by atoms with van der Waals surface area (Å²) in [6, 6.07) is 2.82. The molecule has 0 aliphatic carbocycles.